The van der Waals surface area contributed by atoms with Crippen molar-refractivity contribution in [3.8, 4) is 0 Å². The minimum Gasteiger partial charge on any atom is -0.465 e. The zero-order chi connectivity index (χ0) is 18.0. The van der Waals surface area contributed by atoms with Gasteiger partial charge in [-0.2, -0.15) is 5.10 Å². The van der Waals surface area contributed by atoms with E-state index >= 15 is 0 Å². The number of aromatic nitrogens is 2. The number of aryl methyl sites for hydroxylation is 2. The summed E-state index contributed by atoms with van der Waals surface area (Å²) in [7, 11) is -2.69. The third-order valence-electron chi connectivity index (χ3n) is 3.93. The van der Waals surface area contributed by atoms with Crippen LogP contribution in [-0.4, -0.2) is 37.8 Å². The summed E-state index contributed by atoms with van der Waals surface area (Å²) in [6, 6.07) is 2.91. The Balaban J connectivity index is 1.71. The molecule has 0 radical (unpaired) electrons. The minimum atomic E-state index is -3.88. The fraction of sp³-hybridized carbons (Fsp3) is 0.400. The molecule has 2 aromatic heterocycles. The molecule has 3 rings (SSSR count). The summed E-state index contributed by atoms with van der Waals surface area (Å²) in [5, 5.41) is 5.80. The summed E-state index contributed by atoms with van der Waals surface area (Å²) >= 11 is 0.994. The zero-order valence-electron chi connectivity index (χ0n) is 13.5. The maximum atomic E-state index is 12.4. The van der Waals surface area contributed by atoms with Crippen LogP contribution in [-0.2, 0) is 34.1 Å². The lowest BCUT2D eigenvalue weighted by molar-refractivity contribution is 0.0602. The Bertz CT molecular complexity index is 962. The van der Waals surface area contributed by atoms with Crippen molar-refractivity contribution >= 4 is 27.3 Å². The molecule has 0 spiro atoms. The summed E-state index contributed by atoms with van der Waals surface area (Å²) < 4.78 is 33.0. The SMILES string of the molecule is COC(=O)c1sccc1S(=O)(=O)NCCn1nc2c(cc1=O)CCC2. The first-order valence-electron chi connectivity index (χ1n) is 7.68. The second-order valence-electron chi connectivity index (χ2n) is 5.53. The smallest absolute Gasteiger partial charge is 0.349 e. The molecule has 2 aromatic rings. The molecule has 0 aliphatic heterocycles. The van der Waals surface area contributed by atoms with Crippen molar-refractivity contribution in [3.05, 3.63) is 44.0 Å². The topological polar surface area (TPSA) is 107 Å². The first-order valence-corrected chi connectivity index (χ1v) is 10.0. The van der Waals surface area contributed by atoms with Crippen LogP contribution in [0, 0.1) is 0 Å². The Hall–Kier alpha value is -2.04. The summed E-state index contributed by atoms with van der Waals surface area (Å²) in [5.74, 6) is -0.702. The summed E-state index contributed by atoms with van der Waals surface area (Å²) in [5.41, 5.74) is 1.63. The zero-order valence-corrected chi connectivity index (χ0v) is 15.2. The van der Waals surface area contributed by atoms with Gasteiger partial charge in [0.25, 0.3) is 5.56 Å². The average Bonchev–Trinajstić information content (AvgIpc) is 3.23. The molecule has 0 saturated heterocycles. The van der Waals surface area contributed by atoms with E-state index in [9.17, 15) is 18.0 Å². The van der Waals surface area contributed by atoms with Gasteiger partial charge in [-0.05, 0) is 36.3 Å². The van der Waals surface area contributed by atoms with Crippen LogP contribution in [0.3, 0.4) is 0 Å². The van der Waals surface area contributed by atoms with Gasteiger partial charge >= 0.3 is 5.97 Å². The highest BCUT2D eigenvalue weighted by molar-refractivity contribution is 7.89. The second-order valence-corrected chi connectivity index (χ2v) is 8.19. The van der Waals surface area contributed by atoms with Crippen LogP contribution >= 0.6 is 11.3 Å². The summed E-state index contributed by atoms with van der Waals surface area (Å²) in [4.78, 5) is 23.5. The van der Waals surface area contributed by atoms with Crippen LogP contribution in [0.15, 0.2) is 27.2 Å². The van der Waals surface area contributed by atoms with Crippen LogP contribution in [0.25, 0.3) is 0 Å². The van der Waals surface area contributed by atoms with Crippen LogP contribution in [0.2, 0.25) is 0 Å². The van der Waals surface area contributed by atoms with Gasteiger partial charge in [-0.15, -0.1) is 11.3 Å². The van der Waals surface area contributed by atoms with Gasteiger partial charge in [0, 0.05) is 12.6 Å². The quantitative estimate of drug-likeness (QED) is 0.731. The molecular weight excluding hydrogens is 366 g/mol. The van der Waals surface area contributed by atoms with E-state index < -0.39 is 16.0 Å². The molecule has 8 nitrogen and oxygen atoms in total. The molecule has 0 unspecified atom stereocenters. The van der Waals surface area contributed by atoms with E-state index in [-0.39, 0.29) is 28.4 Å². The fourth-order valence-electron chi connectivity index (χ4n) is 2.71. The molecule has 0 fully saturated rings. The highest BCUT2D eigenvalue weighted by atomic mass is 32.2. The van der Waals surface area contributed by atoms with E-state index in [1.54, 1.807) is 6.07 Å². The minimum absolute atomic E-state index is 0.00944. The maximum absolute atomic E-state index is 12.4. The Labute approximate surface area is 148 Å². The third-order valence-corrected chi connectivity index (χ3v) is 6.46. The van der Waals surface area contributed by atoms with Gasteiger partial charge in [-0.25, -0.2) is 22.6 Å². The van der Waals surface area contributed by atoms with Gasteiger partial charge in [0.2, 0.25) is 10.0 Å². The number of ether oxygens (including phenoxy) is 1. The Morgan fingerprint density at radius 1 is 1.44 bits per heavy atom. The number of carbonyl (C=O) groups is 1. The molecule has 10 heteroatoms. The second kappa shape index (κ2) is 7.06. The molecule has 2 heterocycles. The molecule has 0 aromatic carbocycles. The van der Waals surface area contributed by atoms with Gasteiger partial charge < -0.3 is 4.74 Å². The van der Waals surface area contributed by atoms with Crippen LogP contribution in [0.5, 0.6) is 0 Å². The maximum Gasteiger partial charge on any atom is 0.349 e. The van der Waals surface area contributed by atoms with Crippen LogP contribution in [0.1, 0.15) is 27.3 Å². The van der Waals surface area contributed by atoms with E-state index in [4.69, 9.17) is 0 Å². The van der Waals surface area contributed by atoms with E-state index in [0.29, 0.717) is 0 Å². The first-order chi connectivity index (χ1) is 11.9. The predicted molar refractivity (Wildman–Crippen MR) is 91.4 cm³/mol. The molecule has 1 aliphatic rings. The van der Waals surface area contributed by atoms with Gasteiger partial charge in [0.05, 0.1) is 19.3 Å². The molecule has 0 bridgehead atoms. The highest BCUT2D eigenvalue weighted by Gasteiger charge is 2.24. The normalized spacial score (nSPS) is 13.6. The van der Waals surface area contributed by atoms with Gasteiger partial charge in [-0.3, -0.25) is 4.79 Å². The molecule has 0 amide bonds. The van der Waals surface area contributed by atoms with Crippen LogP contribution in [0.4, 0.5) is 0 Å². The van der Waals surface area contributed by atoms with Gasteiger partial charge in [0.1, 0.15) is 9.77 Å². The Morgan fingerprint density at radius 2 is 2.24 bits per heavy atom. The summed E-state index contributed by atoms with van der Waals surface area (Å²) in [6.45, 7) is 0.105. The average molecular weight is 383 g/mol. The first kappa shape index (κ1) is 17.8. The number of rotatable bonds is 6. The Morgan fingerprint density at radius 3 is 3.00 bits per heavy atom. The molecule has 134 valence electrons. The van der Waals surface area contributed by atoms with Crippen molar-refractivity contribution in [2.24, 2.45) is 0 Å². The number of carbonyl (C=O) groups excluding carboxylic acids is 1. The largest absolute Gasteiger partial charge is 0.465 e. The number of nitrogens with one attached hydrogen (secondary N) is 1. The lowest BCUT2D eigenvalue weighted by Gasteiger charge is -2.09. The van der Waals surface area contributed by atoms with Gasteiger partial charge in [0.15, 0.2) is 0 Å². The molecular formula is C15H17N3O5S2. The van der Waals surface area contributed by atoms with Crippen molar-refractivity contribution in [2.45, 2.75) is 30.7 Å². The van der Waals surface area contributed by atoms with Crippen molar-refractivity contribution in [2.75, 3.05) is 13.7 Å². The lowest BCUT2D eigenvalue weighted by Crippen LogP contribution is -2.32. The summed E-state index contributed by atoms with van der Waals surface area (Å²) in [6.07, 6.45) is 2.67. The van der Waals surface area contributed by atoms with E-state index in [2.05, 4.69) is 14.6 Å². The predicted octanol–water partition coefficient (Wildman–Crippen LogP) is 0.559. The number of methoxy groups -OCH3 is 1. The molecule has 0 atom stereocenters. The van der Waals surface area contributed by atoms with Crippen molar-refractivity contribution in [1.82, 2.24) is 14.5 Å². The number of hydrogen-bond acceptors (Lipinski definition) is 7. The number of esters is 1. The molecule has 1 N–H and O–H groups in total. The number of thiophene rings is 1. The van der Waals surface area contributed by atoms with Crippen molar-refractivity contribution in [3.63, 3.8) is 0 Å². The van der Waals surface area contributed by atoms with Crippen LogP contribution < -0.4 is 10.3 Å². The van der Waals surface area contributed by atoms with E-state index in [1.165, 1.54) is 23.2 Å². The van der Waals surface area contributed by atoms with Crippen molar-refractivity contribution in [1.29, 1.82) is 0 Å². The number of fused-ring (bicyclic) bond motifs is 1. The standard InChI is InChI=1S/C15H17N3O5S2/c1-23-15(20)14-12(5-8-24-14)25(21,22)16-6-7-18-13(19)9-10-3-2-4-11(10)17-18/h5,8-9,16H,2-4,6-7H2,1H3. The van der Waals surface area contributed by atoms with Gasteiger partial charge in [-0.1, -0.05) is 0 Å². The third kappa shape index (κ3) is 3.65. The number of hydrogen-bond donors (Lipinski definition) is 1. The Kier molecular flexibility index (Phi) is 5.02. The number of nitrogens with zero attached hydrogens (tertiary/aromatic N) is 2. The highest BCUT2D eigenvalue weighted by Crippen LogP contribution is 2.22. The van der Waals surface area contributed by atoms with Crippen molar-refractivity contribution < 1.29 is 17.9 Å². The molecule has 25 heavy (non-hydrogen) atoms. The van der Waals surface area contributed by atoms with E-state index in [0.717, 1.165) is 41.9 Å². The van der Waals surface area contributed by atoms with E-state index in [1.807, 2.05) is 0 Å². The lowest BCUT2D eigenvalue weighted by atomic mass is 10.2. The molecule has 1 aliphatic carbocycles. The molecule has 0 saturated carbocycles. The monoisotopic (exact) mass is 383 g/mol. The fourth-order valence-corrected chi connectivity index (χ4v) is 5.07. The number of sulfonamides is 1.